The van der Waals surface area contributed by atoms with Crippen molar-refractivity contribution in [1.29, 1.82) is 0 Å². The van der Waals surface area contributed by atoms with E-state index in [9.17, 15) is 0 Å². The van der Waals surface area contributed by atoms with Crippen LogP contribution in [0.1, 0.15) is 25.6 Å². The lowest BCUT2D eigenvalue weighted by molar-refractivity contribution is 0.395. The third-order valence-corrected chi connectivity index (χ3v) is 4.47. The molecule has 1 aliphatic rings. The molecule has 6 heteroatoms. The predicted octanol–water partition coefficient (Wildman–Crippen LogP) is 1.70. The Morgan fingerprint density at radius 3 is 2.82 bits per heavy atom. The third kappa shape index (κ3) is 2.92. The van der Waals surface area contributed by atoms with E-state index in [1.165, 1.54) is 19.5 Å². The van der Waals surface area contributed by atoms with E-state index >= 15 is 0 Å². The van der Waals surface area contributed by atoms with Gasteiger partial charge in [-0.1, -0.05) is 6.92 Å². The highest BCUT2D eigenvalue weighted by molar-refractivity contribution is 5.86. The number of hydrogen-bond acceptors (Lipinski definition) is 5. The maximum Gasteiger partial charge on any atom is 0.163 e. The van der Waals surface area contributed by atoms with Crippen LogP contribution in [-0.2, 0) is 13.5 Å². The quantitative estimate of drug-likeness (QED) is 0.841. The fraction of sp³-hybridized carbons (Fsp3) is 0.688. The standard InChI is InChI=1S/C16H26N6/c1-5-6-14-18-15(13-9-17-22(4)16(13)19-14)21(3)11-12-7-8-20(2)10-12/h9,12H,5-8,10-11H2,1-4H3. The van der Waals surface area contributed by atoms with Gasteiger partial charge in [0, 0.05) is 33.6 Å². The van der Waals surface area contributed by atoms with Crippen molar-refractivity contribution in [1.82, 2.24) is 24.6 Å². The third-order valence-electron chi connectivity index (χ3n) is 4.47. The van der Waals surface area contributed by atoms with Crippen LogP contribution < -0.4 is 4.90 Å². The lowest BCUT2D eigenvalue weighted by Crippen LogP contribution is -2.28. The summed E-state index contributed by atoms with van der Waals surface area (Å²) in [5, 5.41) is 5.42. The van der Waals surface area contributed by atoms with Crippen molar-refractivity contribution < 1.29 is 0 Å². The summed E-state index contributed by atoms with van der Waals surface area (Å²) in [6.07, 6.45) is 5.12. The average molecular weight is 302 g/mol. The second-order valence-corrected chi connectivity index (χ2v) is 6.52. The van der Waals surface area contributed by atoms with Gasteiger partial charge in [0.1, 0.15) is 11.6 Å². The second-order valence-electron chi connectivity index (χ2n) is 6.52. The van der Waals surface area contributed by atoms with Crippen LogP contribution in [0.3, 0.4) is 0 Å². The van der Waals surface area contributed by atoms with Crippen LogP contribution in [0.15, 0.2) is 6.20 Å². The van der Waals surface area contributed by atoms with Crippen LogP contribution in [0.2, 0.25) is 0 Å². The topological polar surface area (TPSA) is 50.1 Å². The molecule has 0 aliphatic carbocycles. The zero-order chi connectivity index (χ0) is 15.7. The van der Waals surface area contributed by atoms with Crippen LogP contribution in [0, 0.1) is 5.92 Å². The summed E-state index contributed by atoms with van der Waals surface area (Å²) in [6.45, 7) is 5.57. The first-order chi connectivity index (χ1) is 10.6. The molecule has 0 N–H and O–H groups in total. The Kier molecular flexibility index (Phi) is 4.29. The van der Waals surface area contributed by atoms with Crippen molar-refractivity contribution in [2.75, 3.05) is 38.6 Å². The van der Waals surface area contributed by atoms with E-state index in [0.717, 1.165) is 42.1 Å². The van der Waals surface area contributed by atoms with Crippen LogP contribution in [0.25, 0.3) is 11.0 Å². The van der Waals surface area contributed by atoms with Crippen LogP contribution in [0.4, 0.5) is 5.82 Å². The smallest absolute Gasteiger partial charge is 0.163 e. The minimum atomic E-state index is 0.714. The van der Waals surface area contributed by atoms with Crippen LogP contribution in [-0.4, -0.2) is 58.4 Å². The van der Waals surface area contributed by atoms with Gasteiger partial charge >= 0.3 is 0 Å². The van der Waals surface area contributed by atoms with Gasteiger partial charge in [-0.25, -0.2) is 9.97 Å². The Bertz CT molecular complexity index is 649. The zero-order valence-electron chi connectivity index (χ0n) is 14.1. The minimum Gasteiger partial charge on any atom is -0.359 e. The number of anilines is 1. The fourth-order valence-electron chi connectivity index (χ4n) is 3.33. The molecule has 1 aliphatic heterocycles. The summed E-state index contributed by atoms with van der Waals surface area (Å²) >= 11 is 0. The molecule has 3 heterocycles. The zero-order valence-corrected chi connectivity index (χ0v) is 14.1. The molecule has 1 saturated heterocycles. The van der Waals surface area contributed by atoms with E-state index in [0.29, 0.717) is 5.92 Å². The first-order valence-corrected chi connectivity index (χ1v) is 8.16. The highest BCUT2D eigenvalue weighted by Crippen LogP contribution is 2.25. The van der Waals surface area contributed by atoms with Crippen LogP contribution in [0.5, 0.6) is 0 Å². The highest BCUT2D eigenvalue weighted by atomic mass is 15.3. The molecule has 6 nitrogen and oxygen atoms in total. The van der Waals surface area contributed by atoms with Gasteiger partial charge in [0.2, 0.25) is 0 Å². The van der Waals surface area contributed by atoms with Gasteiger partial charge in [0.05, 0.1) is 11.6 Å². The molecule has 2 aromatic rings. The van der Waals surface area contributed by atoms with Gasteiger partial charge in [-0.15, -0.1) is 0 Å². The van der Waals surface area contributed by atoms with E-state index in [1.54, 1.807) is 0 Å². The Balaban J connectivity index is 1.90. The molecular formula is C16H26N6. The number of hydrogen-bond donors (Lipinski definition) is 0. The van der Waals surface area contributed by atoms with Gasteiger partial charge in [-0.2, -0.15) is 5.10 Å². The second kappa shape index (κ2) is 6.20. The summed E-state index contributed by atoms with van der Waals surface area (Å²) < 4.78 is 1.84. The van der Waals surface area contributed by atoms with Crippen molar-refractivity contribution in [3.8, 4) is 0 Å². The molecule has 0 radical (unpaired) electrons. The molecule has 0 spiro atoms. The van der Waals surface area contributed by atoms with E-state index in [1.807, 2.05) is 17.9 Å². The van der Waals surface area contributed by atoms with Crippen LogP contribution >= 0.6 is 0 Å². The Morgan fingerprint density at radius 2 is 2.14 bits per heavy atom. The molecule has 0 aromatic carbocycles. The molecule has 1 fully saturated rings. The van der Waals surface area contributed by atoms with E-state index in [-0.39, 0.29) is 0 Å². The fourth-order valence-corrected chi connectivity index (χ4v) is 3.33. The van der Waals surface area contributed by atoms with Crippen molar-refractivity contribution >= 4 is 16.9 Å². The highest BCUT2D eigenvalue weighted by Gasteiger charge is 2.23. The Morgan fingerprint density at radius 1 is 1.32 bits per heavy atom. The van der Waals surface area contributed by atoms with Gasteiger partial charge in [-0.3, -0.25) is 4.68 Å². The summed E-state index contributed by atoms with van der Waals surface area (Å²) in [6, 6.07) is 0. The average Bonchev–Trinajstić information content (AvgIpc) is 3.05. The maximum atomic E-state index is 4.81. The van der Waals surface area contributed by atoms with Gasteiger partial charge < -0.3 is 9.80 Å². The monoisotopic (exact) mass is 302 g/mol. The summed E-state index contributed by atoms with van der Waals surface area (Å²) in [5.41, 5.74) is 0.934. The van der Waals surface area contributed by atoms with Crippen molar-refractivity contribution in [2.24, 2.45) is 13.0 Å². The summed E-state index contributed by atoms with van der Waals surface area (Å²) in [5.74, 6) is 2.66. The number of aromatic nitrogens is 4. The van der Waals surface area contributed by atoms with Gasteiger partial charge in [-0.05, 0) is 32.4 Å². The first-order valence-electron chi connectivity index (χ1n) is 8.16. The molecule has 2 aromatic heterocycles. The van der Waals surface area contributed by atoms with Crippen molar-refractivity contribution in [3.05, 3.63) is 12.0 Å². The Hall–Kier alpha value is -1.69. The molecule has 0 saturated carbocycles. The molecular weight excluding hydrogens is 276 g/mol. The number of nitrogens with zero attached hydrogens (tertiary/aromatic N) is 6. The maximum absolute atomic E-state index is 4.81. The lowest BCUT2D eigenvalue weighted by Gasteiger charge is -2.23. The van der Waals surface area contributed by atoms with Gasteiger partial charge in [0.15, 0.2) is 5.65 Å². The number of likely N-dealkylation sites (tertiary alicyclic amines) is 1. The molecule has 120 valence electrons. The van der Waals surface area contributed by atoms with Gasteiger partial charge in [0.25, 0.3) is 0 Å². The number of fused-ring (bicyclic) bond motifs is 1. The SMILES string of the molecule is CCCc1nc(N(C)CC2CCN(C)C2)c2cnn(C)c2n1. The van der Waals surface area contributed by atoms with E-state index < -0.39 is 0 Å². The summed E-state index contributed by atoms with van der Waals surface area (Å²) in [7, 11) is 6.28. The molecule has 1 atom stereocenters. The molecule has 0 amide bonds. The normalized spacial score (nSPS) is 19.2. The molecule has 0 bridgehead atoms. The molecule has 1 unspecified atom stereocenters. The largest absolute Gasteiger partial charge is 0.359 e. The molecule has 22 heavy (non-hydrogen) atoms. The minimum absolute atomic E-state index is 0.714. The lowest BCUT2D eigenvalue weighted by atomic mass is 10.1. The Labute approximate surface area is 132 Å². The summed E-state index contributed by atoms with van der Waals surface area (Å²) in [4.78, 5) is 14.2. The van der Waals surface area contributed by atoms with Crippen molar-refractivity contribution in [2.45, 2.75) is 26.2 Å². The first kappa shape index (κ1) is 15.2. The number of aryl methyl sites for hydroxylation is 2. The van der Waals surface area contributed by atoms with E-state index in [2.05, 4.69) is 40.9 Å². The number of rotatable bonds is 5. The predicted molar refractivity (Wildman–Crippen MR) is 89.2 cm³/mol. The van der Waals surface area contributed by atoms with Crippen molar-refractivity contribution in [3.63, 3.8) is 0 Å². The van der Waals surface area contributed by atoms with E-state index in [4.69, 9.17) is 4.98 Å². The molecule has 3 rings (SSSR count).